The van der Waals surface area contributed by atoms with Crippen LogP contribution in [0.1, 0.15) is 13.8 Å². The number of fused-ring (bicyclic) bond motifs is 1. The summed E-state index contributed by atoms with van der Waals surface area (Å²) < 4.78 is 5.31. The van der Waals surface area contributed by atoms with Gasteiger partial charge in [0.2, 0.25) is 0 Å². The van der Waals surface area contributed by atoms with Gasteiger partial charge in [0.1, 0.15) is 5.75 Å². The molecule has 0 saturated carbocycles. The van der Waals surface area contributed by atoms with Crippen molar-refractivity contribution in [3.63, 3.8) is 0 Å². The molecule has 1 aromatic rings. The Morgan fingerprint density at radius 3 is 2.88 bits per heavy atom. The summed E-state index contributed by atoms with van der Waals surface area (Å²) in [5.41, 5.74) is 5.91. The molecule has 0 atom stereocenters. The molecule has 0 radical (unpaired) electrons. The highest BCUT2D eigenvalue weighted by molar-refractivity contribution is 5.98. The summed E-state index contributed by atoms with van der Waals surface area (Å²) in [6.07, 6.45) is 0. The lowest BCUT2D eigenvalue weighted by molar-refractivity contribution is -0.122. The van der Waals surface area contributed by atoms with Crippen molar-refractivity contribution in [2.75, 3.05) is 23.8 Å². The Balaban J connectivity index is 2.39. The largest absolute Gasteiger partial charge is 0.482 e. The molecule has 0 bridgehead atoms. The lowest BCUT2D eigenvalue weighted by Crippen LogP contribution is -2.46. The Bertz CT molecular complexity index is 452. The van der Waals surface area contributed by atoms with Gasteiger partial charge >= 0.3 is 0 Å². The molecule has 2 rings (SSSR count). The molecule has 1 aliphatic rings. The second-order valence-corrected chi connectivity index (χ2v) is 4.81. The first-order chi connectivity index (χ1) is 7.87. The first-order valence-corrected chi connectivity index (χ1v) is 5.42. The third-order valence-corrected chi connectivity index (χ3v) is 2.47. The zero-order valence-corrected chi connectivity index (χ0v) is 9.93. The van der Waals surface area contributed by atoms with E-state index in [4.69, 9.17) is 10.5 Å². The quantitative estimate of drug-likeness (QED) is 0.743. The van der Waals surface area contributed by atoms with Crippen molar-refractivity contribution in [2.45, 2.75) is 19.4 Å². The number of rotatable bonds is 2. The smallest absolute Gasteiger partial charge is 0.265 e. The standard InChI is InChI=1S/C12H16N2O3/c1-12(2,16)7-14-9-5-8(13)3-4-10(9)17-6-11(14)15/h3-5,16H,6-7,13H2,1-2H3. The average Bonchev–Trinajstić information content (AvgIpc) is 2.21. The molecule has 17 heavy (non-hydrogen) atoms. The van der Waals surface area contributed by atoms with Crippen LogP contribution in [-0.4, -0.2) is 29.8 Å². The van der Waals surface area contributed by atoms with Gasteiger partial charge in [-0.15, -0.1) is 0 Å². The zero-order valence-electron chi connectivity index (χ0n) is 9.93. The summed E-state index contributed by atoms with van der Waals surface area (Å²) in [4.78, 5) is 13.3. The Morgan fingerprint density at radius 1 is 1.53 bits per heavy atom. The molecule has 1 aromatic carbocycles. The number of hydrogen-bond acceptors (Lipinski definition) is 4. The first kappa shape index (κ1) is 11.7. The van der Waals surface area contributed by atoms with Gasteiger partial charge in [0.25, 0.3) is 5.91 Å². The van der Waals surface area contributed by atoms with E-state index in [0.717, 1.165) is 0 Å². The fourth-order valence-electron chi connectivity index (χ4n) is 1.78. The first-order valence-electron chi connectivity index (χ1n) is 5.42. The van der Waals surface area contributed by atoms with E-state index in [-0.39, 0.29) is 19.1 Å². The van der Waals surface area contributed by atoms with Crippen molar-refractivity contribution in [3.8, 4) is 5.75 Å². The molecule has 92 valence electrons. The third kappa shape index (κ3) is 2.50. The fourth-order valence-corrected chi connectivity index (χ4v) is 1.78. The number of nitrogen functional groups attached to an aromatic ring is 1. The van der Waals surface area contributed by atoms with Crippen molar-refractivity contribution in [1.82, 2.24) is 0 Å². The van der Waals surface area contributed by atoms with Gasteiger partial charge in [0.05, 0.1) is 17.8 Å². The van der Waals surface area contributed by atoms with Crippen molar-refractivity contribution in [3.05, 3.63) is 18.2 Å². The number of carbonyl (C=O) groups is 1. The molecular formula is C12H16N2O3. The number of carbonyl (C=O) groups excluding carboxylic acids is 1. The predicted octanol–water partition coefficient (Wildman–Crippen LogP) is 0.765. The number of hydrogen-bond donors (Lipinski definition) is 2. The second kappa shape index (κ2) is 3.92. The molecule has 0 fully saturated rings. The lowest BCUT2D eigenvalue weighted by Gasteiger charge is -2.33. The molecule has 5 nitrogen and oxygen atoms in total. The number of nitrogens with two attached hydrogens (primary N) is 1. The predicted molar refractivity (Wildman–Crippen MR) is 65.0 cm³/mol. The van der Waals surface area contributed by atoms with Crippen LogP contribution in [0.4, 0.5) is 11.4 Å². The molecular weight excluding hydrogens is 220 g/mol. The number of benzene rings is 1. The van der Waals surface area contributed by atoms with E-state index in [1.807, 2.05) is 0 Å². The summed E-state index contributed by atoms with van der Waals surface area (Å²) in [7, 11) is 0. The summed E-state index contributed by atoms with van der Waals surface area (Å²) in [5.74, 6) is 0.438. The molecule has 0 spiro atoms. The summed E-state index contributed by atoms with van der Waals surface area (Å²) in [6, 6.07) is 5.13. The van der Waals surface area contributed by atoms with E-state index in [0.29, 0.717) is 17.1 Å². The third-order valence-electron chi connectivity index (χ3n) is 2.47. The van der Waals surface area contributed by atoms with E-state index in [2.05, 4.69) is 0 Å². The van der Waals surface area contributed by atoms with Gasteiger partial charge in [-0.25, -0.2) is 0 Å². The van der Waals surface area contributed by atoms with Crippen LogP contribution in [0.25, 0.3) is 0 Å². The summed E-state index contributed by atoms with van der Waals surface area (Å²) in [6.45, 7) is 3.52. The van der Waals surface area contributed by atoms with Crippen molar-refractivity contribution < 1.29 is 14.6 Å². The molecule has 0 unspecified atom stereocenters. The lowest BCUT2D eigenvalue weighted by atomic mass is 10.1. The van der Waals surface area contributed by atoms with Crippen molar-refractivity contribution in [1.29, 1.82) is 0 Å². The highest BCUT2D eigenvalue weighted by Crippen LogP contribution is 2.34. The number of aliphatic hydroxyl groups is 1. The van der Waals surface area contributed by atoms with Crippen LogP contribution in [0.3, 0.4) is 0 Å². The maximum absolute atomic E-state index is 11.8. The maximum Gasteiger partial charge on any atom is 0.265 e. The Labute approximate surface area is 99.8 Å². The highest BCUT2D eigenvalue weighted by atomic mass is 16.5. The van der Waals surface area contributed by atoms with E-state index >= 15 is 0 Å². The molecule has 3 N–H and O–H groups in total. The Kier molecular flexibility index (Phi) is 2.71. The van der Waals surface area contributed by atoms with Crippen molar-refractivity contribution in [2.24, 2.45) is 0 Å². The SMILES string of the molecule is CC(C)(O)CN1C(=O)COc2ccc(N)cc21. The molecule has 1 amide bonds. The molecule has 0 saturated heterocycles. The average molecular weight is 236 g/mol. The topological polar surface area (TPSA) is 75.8 Å². The van der Waals surface area contributed by atoms with Gasteiger partial charge < -0.3 is 20.5 Å². The molecule has 1 heterocycles. The number of anilines is 2. The minimum atomic E-state index is -0.963. The van der Waals surface area contributed by atoms with Crippen LogP contribution >= 0.6 is 0 Å². The van der Waals surface area contributed by atoms with Crippen LogP contribution in [-0.2, 0) is 4.79 Å². The van der Waals surface area contributed by atoms with E-state index in [1.54, 1.807) is 32.0 Å². The van der Waals surface area contributed by atoms with Crippen LogP contribution < -0.4 is 15.4 Å². The number of amides is 1. The maximum atomic E-state index is 11.8. The minimum absolute atomic E-state index is 0.00695. The Hall–Kier alpha value is -1.75. The fraction of sp³-hybridized carbons (Fsp3) is 0.417. The number of nitrogens with zero attached hydrogens (tertiary/aromatic N) is 1. The zero-order chi connectivity index (χ0) is 12.6. The van der Waals surface area contributed by atoms with E-state index < -0.39 is 5.60 Å². The van der Waals surface area contributed by atoms with E-state index in [9.17, 15) is 9.90 Å². The van der Waals surface area contributed by atoms with Crippen molar-refractivity contribution >= 4 is 17.3 Å². The highest BCUT2D eigenvalue weighted by Gasteiger charge is 2.29. The molecule has 0 aromatic heterocycles. The summed E-state index contributed by atoms with van der Waals surface area (Å²) >= 11 is 0. The summed E-state index contributed by atoms with van der Waals surface area (Å²) in [5, 5.41) is 9.82. The van der Waals surface area contributed by atoms with Crippen LogP contribution in [0.5, 0.6) is 5.75 Å². The van der Waals surface area contributed by atoms with Gasteiger partial charge in [0.15, 0.2) is 6.61 Å². The normalized spacial score (nSPS) is 15.5. The van der Waals surface area contributed by atoms with Crippen LogP contribution in [0.2, 0.25) is 0 Å². The van der Waals surface area contributed by atoms with Crippen LogP contribution in [0.15, 0.2) is 18.2 Å². The minimum Gasteiger partial charge on any atom is -0.482 e. The molecule has 5 heteroatoms. The second-order valence-electron chi connectivity index (χ2n) is 4.81. The van der Waals surface area contributed by atoms with Crippen LogP contribution in [0, 0.1) is 0 Å². The van der Waals surface area contributed by atoms with Gasteiger partial charge in [-0.05, 0) is 32.0 Å². The Morgan fingerprint density at radius 2 is 2.24 bits per heavy atom. The number of ether oxygens (including phenoxy) is 1. The molecule has 0 aliphatic carbocycles. The monoisotopic (exact) mass is 236 g/mol. The van der Waals surface area contributed by atoms with E-state index in [1.165, 1.54) is 4.90 Å². The van der Waals surface area contributed by atoms with Gasteiger partial charge in [0, 0.05) is 5.69 Å². The molecule has 1 aliphatic heterocycles. The van der Waals surface area contributed by atoms with Gasteiger partial charge in [-0.2, -0.15) is 0 Å². The van der Waals surface area contributed by atoms with Gasteiger partial charge in [-0.1, -0.05) is 0 Å². The number of β-amino-alcohol motifs (C(OH)–C–C–N with tert-alkyl or cyclic N) is 1. The van der Waals surface area contributed by atoms with Gasteiger partial charge in [-0.3, -0.25) is 4.79 Å².